The van der Waals surface area contributed by atoms with Gasteiger partial charge in [-0.05, 0) is 19.9 Å². The maximum atomic E-state index is 12.5. The van der Waals surface area contributed by atoms with E-state index in [0.717, 1.165) is 16.2 Å². The Morgan fingerprint density at radius 1 is 1.26 bits per heavy atom. The number of nitrogens with zero attached hydrogens (tertiary/aromatic N) is 4. The van der Waals surface area contributed by atoms with E-state index in [4.69, 9.17) is 0 Å². The van der Waals surface area contributed by atoms with Crippen LogP contribution in [0, 0.1) is 13.8 Å². The molecule has 27 heavy (non-hydrogen) atoms. The Bertz CT molecular complexity index is 1180. The van der Waals surface area contributed by atoms with Crippen molar-refractivity contribution >= 4 is 27.9 Å². The third-order valence-corrected chi connectivity index (χ3v) is 5.17. The average molecular weight is 379 g/mol. The average Bonchev–Trinajstić information content (AvgIpc) is 3.25. The maximum absolute atomic E-state index is 12.5. The Kier molecular flexibility index (Phi) is 4.33. The number of thiazole rings is 1. The largest absolute Gasteiger partial charge is 0.324 e. The second-order valence-electron chi connectivity index (χ2n) is 6.20. The number of imidazole rings is 1. The Morgan fingerprint density at radius 2 is 2.07 bits per heavy atom. The van der Waals surface area contributed by atoms with E-state index in [-0.39, 0.29) is 18.0 Å². The predicted molar refractivity (Wildman–Crippen MR) is 105 cm³/mol. The van der Waals surface area contributed by atoms with Gasteiger partial charge in [-0.1, -0.05) is 18.2 Å². The van der Waals surface area contributed by atoms with Crippen molar-refractivity contribution in [2.45, 2.75) is 20.4 Å². The summed E-state index contributed by atoms with van der Waals surface area (Å²) in [5, 5.41) is 4.85. The van der Waals surface area contributed by atoms with Crippen LogP contribution >= 0.6 is 11.3 Å². The Hall–Kier alpha value is -3.26. The first-order valence-corrected chi connectivity index (χ1v) is 9.25. The number of nitrogens with one attached hydrogen (secondary N) is 1. The molecule has 0 aliphatic carbocycles. The van der Waals surface area contributed by atoms with Crippen LogP contribution in [0.15, 0.2) is 53.2 Å². The highest BCUT2D eigenvalue weighted by molar-refractivity contribution is 7.15. The molecule has 1 amide bonds. The molecule has 0 fully saturated rings. The number of hydrogen-bond donors (Lipinski definition) is 1. The minimum absolute atomic E-state index is 0.0977. The molecular formula is C19H17N5O2S. The minimum Gasteiger partial charge on any atom is -0.324 e. The number of carbonyl (C=O) groups excluding carboxylic acids is 1. The van der Waals surface area contributed by atoms with Crippen molar-refractivity contribution in [1.29, 1.82) is 0 Å². The van der Waals surface area contributed by atoms with Crippen molar-refractivity contribution in [2.75, 3.05) is 5.32 Å². The third-order valence-electron chi connectivity index (χ3n) is 4.40. The molecule has 0 saturated carbocycles. The molecule has 136 valence electrons. The van der Waals surface area contributed by atoms with Crippen molar-refractivity contribution in [3.05, 3.63) is 70.0 Å². The van der Waals surface area contributed by atoms with Crippen LogP contribution in [0.25, 0.3) is 16.2 Å². The van der Waals surface area contributed by atoms with E-state index < -0.39 is 0 Å². The van der Waals surface area contributed by atoms with Gasteiger partial charge in [0.15, 0.2) is 4.96 Å². The molecular weight excluding hydrogens is 362 g/mol. The summed E-state index contributed by atoms with van der Waals surface area (Å²) in [7, 11) is 0. The first-order chi connectivity index (χ1) is 13.0. The summed E-state index contributed by atoms with van der Waals surface area (Å²) in [5.74, 6) is -0.296. The predicted octanol–water partition coefficient (Wildman–Crippen LogP) is 2.88. The summed E-state index contributed by atoms with van der Waals surface area (Å²) >= 11 is 1.55. The van der Waals surface area contributed by atoms with Gasteiger partial charge in [0.25, 0.3) is 5.56 Å². The number of aromatic nitrogens is 4. The van der Waals surface area contributed by atoms with Gasteiger partial charge in [0, 0.05) is 34.6 Å². The molecule has 4 aromatic rings. The second-order valence-corrected chi connectivity index (χ2v) is 7.07. The van der Waals surface area contributed by atoms with Crippen molar-refractivity contribution in [2.24, 2.45) is 0 Å². The van der Waals surface area contributed by atoms with Gasteiger partial charge < -0.3 is 5.32 Å². The van der Waals surface area contributed by atoms with Crippen LogP contribution in [0.5, 0.6) is 0 Å². The van der Waals surface area contributed by atoms with Crippen LogP contribution in [0.2, 0.25) is 0 Å². The van der Waals surface area contributed by atoms with E-state index in [1.165, 1.54) is 10.9 Å². The Morgan fingerprint density at radius 3 is 2.89 bits per heavy atom. The smallest absolute Gasteiger partial charge is 0.256 e. The summed E-state index contributed by atoms with van der Waals surface area (Å²) in [6.45, 7) is 3.38. The molecule has 0 aliphatic rings. The third kappa shape index (κ3) is 3.26. The number of fused-ring (bicyclic) bond motifs is 1. The van der Waals surface area contributed by atoms with Crippen LogP contribution in [-0.4, -0.2) is 24.8 Å². The molecule has 1 aromatic carbocycles. The molecule has 0 aliphatic heterocycles. The van der Waals surface area contributed by atoms with Crippen LogP contribution in [0.3, 0.4) is 0 Å². The molecule has 4 rings (SSSR count). The molecule has 0 saturated heterocycles. The summed E-state index contributed by atoms with van der Waals surface area (Å²) < 4.78 is 3.26. The van der Waals surface area contributed by atoms with Crippen molar-refractivity contribution in [3.8, 4) is 11.3 Å². The van der Waals surface area contributed by atoms with Crippen LogP contribution < -0.4 is 10.9 Å². The number of aryl methyl sites for hydroxylation is 1. The summed E-state index contributed by atoms with van der Waals surface area (Å²) in [5.41, 5.74) is 3.26. The lowest BCUT2D eigenvalue weighted by atomic mass is 10.1. The Balaban J connectivity index is 1.60. The normalized spacial score (nSPS) is 11.0. The second kappa shape index (κ2) is 6.81. The molecule has 7 nitrogen and oxygen atoms in total. The van der Waals surface area contributed by atoms with Gasteiger partial charge in [0.05, 0.1) is 17.7 Å². The topological polar surface area (TPSA) is 81.3 Å². The minimum atomic E-state index is -0.296. The molecule has 0 spiro atoms. The van der Waals surface area contributed by atoms with Gasteiger partial charge in [-0.3, -0.25) is 18.6 Å². The van der Waals surface area contributed by atoms with Gasteiger partial charge in [0.2, 0.25) is 5.91 Å². The van der Waals surface area contributed by atoms with E-state index in [2.05, 4.69) is 15.3 Å². The molecule has 0 atom stereocenters. The van der Waals surface area contributed by atoms with Crippen LogP contribution in [-0.2, 0) is 11.3 Å². The SMILES string of the molecule is Cc1ncn(CC(=O)Nc2ccccc2-c2cn3ccsc3n2)c(=O)c1C. The van der Waals surface area contributed by atoms with Crippen LogP contribution in [0.4, 0.5) is 5.69 Å². The lowest BCUT2D eigenvalue weighted by Gasteiger charge is -2.11. The number of carbonyl (C=O) groups is 1. The molecule has 0 bridgehead atoms. The summed E-state index contributed by atoms with van der Waals surface area (Å²) in [4.78, 5) is 34.4. The highest BCUT2D eigenvalue weighted by Crippen LogP contribution is 2.28. The number of benzene rings is 1. The first-order valence-electron chi connectivity index (χ1n) is 8.37. The van der Waals surface area contributed by atoms with Gasteiger partial charge in [-0.2, -0.15) is 0 Å². The number of rotatable bonds is 4. The van der Waals surface area contributed by atoms with E-state index in [1.54, 1.807) is 25.2 Å². The molecule has 1 N–H and O–H groups in total. The maximum Gasteiger partial charge on any atom is 0.256 e. The number of amides is 1. The molecule has 0 radical (unpaired) electrons. The number of anilines is 1. The van der Waals surface area contributed by atoms with Gasteiger partial charge in [0.1, 0.15) is 6.54 Å². The van der Waals surface area contributed by atoms with Crippen molar-refractivity contribution in [3.63, 3.8) is 0 Å². The summed E-state index contributed by atoms with van der Waals surface area (Å²) in [6, 6.07) is 7.48. The zero-order valence-electron chi connectivity index (χ0n) is 14.8. The van der Waals surface area contributed by atoms with Crippen molar-refractivity contribution < 1.29 is 4.79 Å². The standard InChI is InChI=1S/C19H17N5O2S/c1-12-13(2)20-11-24(18(12)26)10-17(25)21-15-6-4-3-5-14(15)16-9-23-7-8-27-19(23)22-16/h3-9,11H,10H2,1-2H3,(H,21,25). The fourth-order valence-electron chi connectivity index (χ4n) is 2.81. The van der Waals surface area contributed by atoms with E-state index >= 15 is 0 Å². The zero-order chi connectivity index (χ0) is 19.0. The number of hydrogen-bond acceptors (Lipinski definition) is 5. The summed E-state index contributed by atoms with van der Waals surface area (Å²) in [6.07, 6.45) is 5.27. The highest BCUT2D eigenvalue weighted by atomic mass is 32.1. The lowest BCUT2D eigenvalue weighted by Crippen LogP contribution is -2.29. The Labute approximate surface area is 159 Å². The molecule has 3 aromatic heterocycles. The van der Waals surface area contributed by atoms with E-state index in [1.807, 2.05) is 46.4 Å². The molecule has 3 heterocycles. The fourth-order valence-corrected chi connectivity index (χ4v) is 3.51. The zero-order valence-corrected chi connectivity index (χ0v) is 15.7. The lowest BCUT2D eigenvalue weighted by molar-refractivity contribution is -0.116. The van der Waals surface area contributed by atoms with Gasteiger partial charge in [-0.15, -0.1) is 11.3 Å². The van der Waals surface area contributed by atoms with Crippen molar-refractivity contribution in [1.82, 2.24) is 18.9 Å². The first kappa shape index (κ1) is 17.2. The fraction of sp³-hybridized carbons (Fsp3) is 0.158. The quantitative estimate of drug-likeness (QED) is 0.591. The van der Waals surface area contributed by atoms with E-state index in [0.29, 0.717) is 16.9 Å². The van der Waals surface area contributed by atoms with Gasteiger partial charge in [-0.25, -0.2) is 9.97 Å². The highest BCUT2D eigenvalue weighted by Gasteiger charge is 2.13. The van der Waals surface area contributed by atoms with Crippen LogP contribution in [0.1, 0.15) is 11.3 Å². The van der Waals surface area contributed by atoms with Gasteiger partial charge >= 0.3 is 0 Å². The van der Waals surface area contributed by atoms with E-state index in [9.17, 15) is 9.59 Å². The molecule has 8 heteroatoms. The monoisotopic (exact) mass is 379 g/mol. The molecule has 0 unspecified atom stereocenters. The number of para-hydroxylation sites is 1.